The number of urea groups is 1. The van der Waals surface area contributed by atoms with E-state index in [-0.39, 0.29) is 10.8 Å². The Hall–Kier alpha value is -1.69. The van der Waals surface area contributed by atoms with Gasteiger partial charge in [-0.25, -0.2) is 9.59 Å². The van der Waals surface area contributed by atoms with Crippen LogP contribution in [0, 0.1) is 0 Å². The van der Waals surface area contributed by atoms with Gasteiger partial charge in [-0.1, -0.05) is 18.2 Å². The summed E-state index contributed by atoms with van der Waals surface area (Å²) in [5.41, 5.74) is 1.02. The Morgan fingerprint density at radius 1 is 1.29 bits per heavy atom. The second kappa shape index (κ2) is 6.85. The zero-order valence-corrected chi connectivity index (χ0v) is 12.8. The molecule has 1 aliphatic carbocycles. The summed E-state index contributed by atoms with van der Waals surface area (Å²) < 4.78 is 0.243. The number of rotatable bonds is 7. The Balaban J connectivity index is 1.74. The summed E-state index contributed by atoms with van der Waals surface area (Å²) in [5.74, 6) is -0.939. The third-order valence-corrected chi connectivity index (χ3v) is 5.16. The summed E-state index contributed by atoms with van der Waals surface area (Å²) in [6.45, 7) is 1.11. The van der Waals surface area contributed by atoms with Gasteiger partial charge in [0.1, 0.15) is 0 Å². The summed E-state index contributed by atoms with van der Waals surface area (Å²) in [5, 5.41) is 14.7. The molecule has 0 aromatic heterocycles. The summed E-state index contributed by atoms with van der Waals surface area (Å²) >= 11 is 1.80. The number of thioether (sulfide) groups is 1. The standard InChI is InChI=1S/C15H20N2O3S/c1-21-15(7-8-15)10-17-14(20)16-9-6-11-4-2-3-5-12(11)13(18)19/h2-5H,6-10H2,1H3,(H,18,19)(H2,16,17,20). The van der Waals surface area contributed by atoms with Crippen LogP contribution < -0.4 is 10.6 Å². The van der Waals surface area contributed by atoms with Gasteiger partial charge in [-0.2, -0.15) is 11.8 Å². The van der Waals surface area contributed by atoms with Gasteiger partial charge in [0.25, 0.3) is 0 Å². The van der Waals surface area contributed by atoms with Crippen LogP contribution in [0.5, 0.6) is 0 Å². The van der Waals surface area contributed by atoms with Crippen LogP contribution in [0.3, 0.4) is 0 Å². The van der Waals surface area contributed by atoms with E-state index in [1.165, 1.54) is 0 Å². The maximum absolute atomic E-state index is 11.7. The van der Waals surface area contributed by atoms with Crippen molar-refractivity contribution in [3.8, 4) is 0 Å². The second-order valence-electron chi connectivity index (χ2n) is 5.21. The Bertz CT molecular complexity index is 529. The number of amides is 2. The quantitative estimate of drug-likeness (QED) is 0.721. The van der Waals surface area contributed by atoms with Crippen molar-refractivity contribution in [1.82, 2.24) is 10.6 Å². The van der Waals surface area contributed by atoms with Crippen LogP contribution in [0.15, 0.2) is 24.3 Å². The van der Waals surface area contributed by atoms with E-state index in [9.17, 15) is 9.59 Å². The normalized spacial score (nSPS) is 15.3. The van der Waals surface area contributed by atoms with Gasteiger partial charge in [0.05, 0.1) is 5.56 Å². The number of benzene rings is 1. The molecule has 2 rings (SSSR count). The summed E-state index contributed by atoms with van der Waals surface area (Å²) in [6.07, 6.45) is 4.87. The average Bonchev–Trinajstić information content (AvgIpc) is 3.26. The molecule has 1 aromatic carbocycles. The molecule has 5 nitrogen and oxygen atoms in total. The fourth-order valence-electron chi connectivity index (χ4n) is 2.15. The van der Waals surface area contributed by atoms with Crippen molar-refractivity contribution >= 4 is 23.8 Å². The Labute approximate surface area is 128 Å². The Morgan fingerprint density at radius 2 is 2.00 bits per heavy atom. The predicted molar refractivity (Wildman–Crippen MR) is 84.0 cm³/mol. The summed E-state index contributed by atoms with van der Waals surface area (Å²) in [6, 6.07) is 6.66. The minimum Gasteiger partial charge on any atom is -0.478 e. The minimum absolute atomic E-state index is 0.192. The average molecular weight is 308 g/mol. The molecule has 0 saturated heterocycles. The first-order valence-corrected chi connectivity index (χ1v) is 8.17. The molecule has 1 aromatic rings. The smallest absolute Gasteiger partial charge is 0.335 e. The molecule has 21 heavy (non-hydrogen) atoms. The molecule has 0 atom stereocenters. The molecular formula is C15H20N2O3S. The second-order valence-corrected chi connectivity index (χ2v) is 6.48. The molecule has 0 aliphatic heterocycles. The third-order valence-electron chi connectivity index (χ3n) is 3.74. The van der Waals surface area contributed by atoms with Crippen molar-refractivity contribution < 1.29 is 14.7 Å². The van der Waals surface area contributed by atoms with Gasteiger partial charge < -0.3 is 15.7 Å². The Morgan fingerprint density at radius 3 is 2.62 bits per heavy atom. The molecule has 1 fully saturated rings. The summed E-state index contributed by atoms with van der Waals surface area (Å²) in [4.78, 5) is 22.8. The molecule has 1 aliphatic rings. The van der Waals surface area contributed by atoms with Crippen molar-refractivity contribution in [2.75, 3.05) is 19.3 Å². The lowest BCUT2D eigenvalue weighted by Gasteiger charge is -2.14. The molecule has 0 unspecified atom stereocenters. The van der Waals surface area contributed by atoms with Crippen LogP contribution in [-0.4, -0.2) is 41.2 Å². The van der Waals surface area contributed by atoms with E-state index in [1.54, 1.807) is 36.0 Å². The molecule has 0 spiro atoms. The van der Waals surface area contributed by atoms with Crippen molar-refractivity contribution in [2.45, 2.75) is 24.0 Å². The molecule has 6 heteroatoms. The van der Waals surface area contributed by atoms with Crippen LogP contribution in [0.4, 0.5) is 4.79 Å². The number of hydrogen-bond acceptors (Lipinski definition) is 3. The first-order valence-electron chi connectivity index (χ1n) is 6.94. The van der Waals surface area contributed by atoms with Crippen molar-refractivity contribution in [2.24, 2.45) is 0 Å². The van der Waals surface area contributed by atoms with E-state index in [2.05, 4.69) is 16.9 Å². The molecular weight excluding hydrogens is 288 g/mol. The van der Waals surface area contributed by atoms with Crippen LogP contribution in [0.2, 0.25) is 0 Å². The molecule has 1 saturated carbocycles. The molecule has 2 amide bonds. The maximum atomic E-state index is 11.7. The highest BCUT2D eigenvalue weighted by atomic mass is 32.2. The molecule has 0 heterocycles. The number of hydrogen-bond donors (Lipinski definition) is 3. The minimum atomic E-state index is -0.939. The molecule has 3 N–H and O–H groups in total. The number of aromatic carboxylic acids is 1. The number of carboxylic acids is 1. The van der Waals surface area contributed by atoms with Gasteiger partial charge in [0.15, 0.2) is 0 Å². The van der Waals surface area contributed by atoms with Gasteiger partial charge in [-0.15, -0.1) is 0 Å². The van der Waals surface area contributed by atoms with E-state index in [0.29, 0.717) is 25.1 Å². The lowest BCUT2D eigenvalue weighted by molar-refractivity contribution is 0.0695. The zero-order chi connectivity index (χ0) is 15.3. The van der Waals surface area contributed by atoms with E-state index in [1.807, 2.05) is 0 Å². The maximum Gasteiger partial charge on any atom is 0.335 e. The van der Waals surface area contributed by atoms with Gasteiger partial charge in [-0.3, -0.25) is 0 Å². The highest BCUT2D eigenvalue weighted by molar-refractivity contribution is 8.00. The zero-order valence-electron chi connectivity index (χ0n) is 12.0. The fraction of sp³-hybridized carbons (Fsp3) is 0.467. The number of nitrogens with one attached hydrogen (secondary N) is 2. The first kappa shape index (κ1) is 15.7. The van der Waals surface area contributed by atoms with Crippen molar-refractivity contribution in [1.29, 1.82) is 0 Å². The van der Waals surface area contributed by atoms with Crippen molar-refractivity contribution in [3.05, 3.63) is 35.4 Å². The van der Waals surface area contributed by atoms with Gasteiger partial charge >= 0.3 is 12.0 Å². The highest BCUT2D eigenvalue weighted by Gasteiger charge is 2.41. The summed E-state index contributed by atoms with van der Waals surface area (Å²) in [7, 11) is 0. The van der Waals surface area contributed by atoms with E-state index in [0.717, 1.165) is 18.4 Å². The van der Waals surface area contributed by atoms with E-state index < -0.39 is 5.97 Å². The SMILES string of the molecule is CSC1(CNC(=O)NCCc2ccccc2C(=O)O)CC1. The number of carboxylic acid groups (broad SMARTS) is 1. The fourth-order valence-corrected chi connectivity index (χ4v) is 2.88. The number of carbonyl (C=O) groups excluding carboxylic acids is 1. The number of carbonyl (C=O) groups is 2. The Kier molecular flexibility index (Phi) is 5.12. The topological polar surface area (TPSA) is 78.4 Å². The lowest BCUT2D eigenvalue weighted by Crippen LogP contribution is -2.40. The monoisotopic (exact) mass is 308 g/mol. The van der Waals surface area contributed by atoms with Gasteiger partial charge in [-0.05, 0) is 37.1 Å². The highest BCUT2D eigenvalue weighted by Crippen LogP contribution is 2.46. The predicted octanol–water partition coefficient (Wildman–Crippen LogP) is 2.12. The van der Waals surface area contributed by atoms with Crippen LogP contribution in [-0.2, 0) is 6.42 Å². The van der Waals surface area contributed by atoms with Gasteiger partial charge in [0, 0.05) is 17.8 Å². The van der Waals surface area contributed by atoms with Crippen LogP contribution in [0.1, 0.15) is 28.8 Å². The van der Waals surface area contributed by atoms with E-state index >= 15 is 0 Å². The van der Waals surface area contributed by atoms with Crippen LogP contribution >= 0.6 is 11.8 Å². The molecule has 0 bridgehead atoms. The third kappa shape index (κ3) is 4.39. The van der Waals surface area contributed by atoms with Gasteiger partial charge in [0.2, 0.25) is 0 Å². The van der Waals surface area contributed by atoms with Crippen molar-refractivity contribution in [3.63, 3.8) is 0 Å². The van der Waals surface area contributed by atoms with E-state index in [4.69, 9.17) is 5.11 Å². The first-order chi connectivity index (χ1) is 10.1. The lowest BCUT2D eigenvalue weighted by atomic mass is 10.0. The van der Waals surface area contributed by atoms with Crippen LogP contribution in [0.25, 0.3) is 0 Å². The largest absolute Gasteiger partial charge is 0.478 e. The molecule has 0 radical (unpaired) electrons. The molecule has 114 valence electrons.